The van der Waals surface area contributed by atoms with Crippen LogP contribution in [0.4, 0.5) is 0 Å². The number of hydrogen-bond acceptors (Lipinski definition) is 1. The molecule has 6 aromatic carbocycles. The first kappa shape index (κ1) is 28.5. The zero-order chi connectivity index (χ0) is 30.9. The standard InChI is InChI=1S/C44H37N/c1-4-27-45-31-44(36-18-7-5-8-19-36,37-20-9-6-10-21-37)38-22-14-17-34(29-38)32-15-13-16-33(28-32)35-25-26-40-39-23-11-12-24-41(39)43(2,3)42(40)30-35/h4-31H,1-3H3/b27-4-,45-31?. The Hall–Kier alpha value is -5.27. The summed E-state index contributed by atoms with van der Waals surface area (Å²) in [5.74, 6) is 0. The molecule has 0 aliphatic heterocycles. The SMILES string of the molecule is C/C=C\N=CC(c1ccccc1)(c1ccccc1)c1cccc(-c2cccc(-c3ccc4c(c3)C(C)(C)c3ccccc3-4)c2)c1. The molecule has 0 fully saturated rings. The lowest BCUT2D eigenvalue weighted by atomic mass is 9.70. The Bertz CT molecular complexity index is 1990. The van der Waals surface area contributed by atoms with Gasteiger partial charge in [-0.2, -0.15) is 0 Å². The van der Waals surface area contributed by atoms with E-state index >= 15 is 0 Å². The Labute approximate surface area is 267 Å². The number of aliphatic imine (C=N–C) groups is 1. The maximum Gasteiger partial charge on any atom is 0.0804 e. The molecule has 0 heterocycles. The maximum absolute atomic E-state index is 4.80. The molecule has 0 N–H and O–H groups in total. The van der Waals surface area contributed by atoms with E-state index in [4.69, 9.17) is 4.99 Å². The lowest BCUT2D eigenvalue weighted by molar-refractivity contribution is 0.660. The molecular weight excluding hydrogens is 542 g/mol. The highest BCUT2D eigenvalue weighted by molar-refractivity contribution is 5.87. The van der Waals surface area contributed by atoms with E-state index in [1.165, 1.54) is 61.2 Å². The van der Waals surface area contributed by atoms with Crippen LogP contribution in [0.1, 0.15) is 48.6 Å². The highest BCUT2D eigenvalue weighted by Gasteiger charge is 2.36. The zero-order valence-corrected chi connectivity index (χ0v) is 26.1. The minimum atomic E-state index is -0.559. The first-order valence-corrected chi connectivity index (χ1v) is 15.7. The second kappa shape index (κ2) is 11.7. The summed E-state index contributed by atoms with van der Waals surface area (Å²) in [6.07, 6.45) is 5.93. The second-order valence-corrected chi connectivity index (χ2v) is 12.4. The third-order valence-electron chi connectivity index (χ3n) is 9.39. The van der Waals surface area contributed by atoms with Crippen molar-refractivity contribution in [3.05, 3.63) is 192 Å². The van der Waals surface area contributed by atoms with Crippen molar-refractivity contribution in [3.63, 3.8) is 0 Å². The molecule has 1 aliphatic rings. The van der Waals surface area contributed by atoms with Crippen LogP contribution in [0.3, 0.4) is 0 Å². The van der Waals surface area contributed by atoms with Gasteiger partial charge in [0.2, 0.25) is 0 Å². The minimum Gasteiger partial charge on any atom is -0.268 e. The van der Waals surface area contributed by atoms with Crippen molar-refractivity contribution >= 4 is 6.21 Å². The molecule has 1 aliphatic carbocycles. The molecule has 45 heavy (non-hydrogen) atoms. The van der Waals surface area contributed by atoms with Crippen molar-refractivity contribution < 1.29 is 0 Å². The Kier molecular flexibility index (Phi) is 7.39. The Morgan fingerprint density at radius 2 is 1.02 bits per heavy atom. The van der Waals surface area contributed by atoms with Crippen LogP contribution in [0.15, 0.2) is 169 Å². The van der Waals surface area contributed by atoms with E-state index in [1.807, 2.05) is 19.2 Å². The summed E-state index contributed by atoms with van der Waals surface area (Å²) in [5, 5.41) is 0. The van der Waals surface area contributed by atoms with Gasteiger partial charge < -0.3 is 0 Å². The molecule has 1 heteroatoms. The average Bonchev–Trinajstić information content (AvgIpc) is 3.33. The molecule has 1 nitrogen and oxygen atoms in total. The zero-order valence-electron chi connectivity index (χ0n) is 26.1. The van der Waals surface area contributed by atoms with Crippen molar-refractivity contribution in [3.8, 4) is 33.4 Å². The fourth-order valence-electron chi connectivity index (χ4n) is 7.07. The third kappa shape index (κ3) is 4.95. The van der Waals surface area contributed by atoms with Crippen LogP contribution in [0.2, 0.25) is 0 Å². The quantitative estimate of drug-likeness (QED) is 0.132. The van der Waals surface area contributed by atoms with E-state index in [9.17, 15) is 0 Å². The molecule has 0 radical (unpaired) electrons. The van der Waals surface area contributed by atoms with E-state index in [1.54, 1.807) is 0 Å². The predicted molar refractivity (Wildman–Crippen MR) is 191 cm³/mol. The van der Waals surface area contributed by atoms with Gasteiger partial charge in [-0.05, 0) is 86.3 Å². The number of allylic oxidation sites excluding steroid dienone is 1. The molecule has 0 saturated carbocycles. The first-order chi connectivity index (χ1) is 22.0. The second-order valence-electron chi connectivity index (χ2n) is 12.4. The Balaban J connectivity index is 1.34. The van der Waals surface area contributed by atoms with Crippen molar-refractivity contribution in [2.75, 3.05) is 0 Å². The summed E-state index contributed by atoms with van der Waals surface area (Å²) in [5.41, 5.74) is 13.3. The summed E-state index contributed by atoms with van der Waals surface area (Å²) in [6, 6.07) is 55.1. The summed E-state index contributed by atoms with van der Waals surface area (Å²) >= 11 is 0. The number of nitrogens with zero attached hydrogens (tertiary/aromatic N) is 1. The molecule has 0 amide bonds. The molecule has 0 saturated heterocycles. The van der Waals surface area contributed by atoms with Crippen molar-refractivity contribution in [1.29, 1.82) is 0 Å². The molecule has 6 aromatic rings. The van der Waals surface area contributed by atoms with Crippen LogP contribution in [-0.4, -0.2) is 6.21 Å². The molecule has 0 aromatic heterocycles. The molecule has 0 bridgehead atoms. The van der Waals surface area contributed by atoms with Gasteiger partial charge in [-0.15, -0.1) is 0 Å². The van der Waals surface area contributed by atoms with Gasteiger partial charge in [0, 0.05) is 17.8 Å². The van der Waals surface area contributed by atoms with Crippen LogP contribution >= 0.6 is 0 Å². The number of fused-ring (bicyclic) bond motifs is 3. The molecular formula is C44H37N. The highest BCUT2D eigenvalue weighted by Crippen LogP contribution is 2.49. The van der Waals surface area contributed by atoms with Gasteiger partial charge in [-0.25, -0.2) is 0 Å². The van der Waals surface area contributed by atoms with Gasteiger partial charge in [0.05, 0.1) is 5.41 Å². The van der Waals surface area contributed by atoms with Gasteiger partial charge in [0.1, 0.15) is 0 Å². The smallest absolute Gasteiger partial charge is 0.0804 e. The van der Waals surface area contributed by atoms with Gasteiger partial charge in [0.15, 0.2) is 0 Å². The third-order valence-corrected chi connectivity index (χ3v) is 9.39. The summed E-state index contributed by atoms with van der Waals surface area (Å²) in [4.78, 5) is 4.80. The molecule has 218 valence electrons. The fourth-order valence-corrected chi connectivity index (χ4v) is 7.07. The topological polar surface area (TPSA) is 12.4 Å². The Morgan fingerprint density at radius 1 is 0.489 bits per heavy atom. The molecule has 7 rings (SSSR count). The van der Waals surface area contributed by atoms with Crippen molar-refractivity contribution in [2.24, 2.45) is 4.99 Å². The summed E-state index contributed by atoms with van der Waals surface area (Å²) in [6.45, 7) is 6.68. The van der Waals surface area contributed by atoms with E-state index in [-0.39, 0.29) is 5.41 Å². The van der Waals surface area contributed by atoms with E-state index in [2.05, 4.69) is 172 Å². The fraction of sp³-hybridized carbons (Fsp3) is 0.114. The maximum atomic E-state index is 4.80. The van der Waals surface area contributed by atoms with Crippen LogP contribution in [0.5, 0.6) is 0 Å². The van der Waals surface area contributed by atoms with Crippen LogP contribution in [0.25, 0.3) is 33.4 Å². The van der Waals surface area contributed by atoms with E-state index in [0.717, 1.165) is 0 Å². The van der Waals surface area contributed by atoms with E-state index in [0.29, 0.717) is 0 Å². The van der Waals surface area contributed by atoms with Crippen molar-refractivity contribution in [2.45, 2.75) is 31.6 Å². The predicted octanol–water partition coefficient (Wildman–Crippen LogP) is 11.3. The van der Waals surface area contributed by atoms with Crippen molar-refractivity contribution in [1.82, 2.24) is 0 Å². The number of rotatable bonds is 7. The van der Waals surface area contributed by atoms with Crippen LogP contribution in [0, 0.1) is 0 Å². The van der Waals surface area contributed by atoms with Crippen LogP contribution in [-0.2, 0) is 10.8 Å². The van der Waals surface area contributed by atoms with Crippen LogP contribution < -0.4 is 0 Å². The monoisotopic (exact) mass is 579 g/mol. The average molecular weight is 580 g/mol. The Morgan fingerprint density at radius 3 is 1.69 bits per heavy atom. The largest absolute Gasteiger partial charge is 0.268 e. The van der Waals surface area contributed by atoms with Gasteiger partial charge in [-0.3, -0.25) is 4.99 Å². The van der Waals surface area contributed by atoms with E-state index < -0.39 is 5.41 Å². The molecule has 0 spiro atoms. The summed E-state index contributed by atoms with van der Waals surface area (Å²) in [7, 11) is 0. The molecule has 0 atom stereocenters. The number of benzene rings is 6. The number of hydrogen-bond donors (Lipinski definition) is 0. The normalized spacial score (nSPS) is 13.7. The lowest BCUT2D eigenvalue weighted by Crippen LogP contribution is -2.31. The van der Waals surface area contributed by atoms with Gasteiger partial charge >= 0.3 is 0 Å². The first-order valence-electron chi connectivity index (χ1n) is 15.7. The molecule has 0 unspecified atom stereocenters. The van der Waals surface area contributed by atoms with Gasteiger partial charge in [-0.1, -0.05) is 153 Å². The lowest BCUT2D eigenvalue weighted by Gasteiger charge is -2.32. The summed E-state index contributed by atoms with van der Waals surface area (Å²) < 4.78 is 0. The van der Waals surface area contributed by atoms with Gasteiger partial charge in [0.25, 0.3) is 0 Å². The highest BCUT2D eigenvalue weighted by atomic mass is 14.7. The minimum absolute atomic E-state index is 0.0272.